The van der Waals surface area contributed by atoms with Crippen LogP contribution in [0.5, 0.6) is 0 Å². The molecule has 0 unspecified atom stereocenters. The lowest BCUT2D eigenvalue weighted by Gasteiger charge is -2.15. The number of aliphatic hydroxyl groups is 1. The van der Waals surface area contributed by atoms with E-state index in [0.29, 0.717) is 25.2 Å². The van der Waals surface area contributed by atoms with Gasteiger partial charge in [-0.3, -0.25) is 14.6 Å². The second kappa shape index (κ2) is 5.57. The molecule has 2 atom stereocenters. The average Bonchev–Trinajstić information content (AvgIpc) is 3.11. The number of likely N-dealkylation sites (tertiary alicyclic amines) is 1. The van der Waals surface area contributed by atoms with Crippen LogP contribution >= 0.6 is 0 Å². The minimum Gasteiger partial charge on any atom is -0.391 e. The normalized spacial score (nSPS) is 21.5. The number of hydrogen-bond donors (Lipinski definition) is 2. The molecule has 0 aromatic carbocycles. The Morgan fingerprint density at radius 1 is 1.41 bits per heavy atom. The van der Waals surface area contributed by atoms with Crippen molar-refractivity contribution >= 4 is 5.91 Å². The Balaban J connectivity index is 1.70. The van der Waals surface area contributed by atoms with Crippen molar-refractivity contribution in [3.05, 3.63) is 34.9 Å². The van der Waals surface area contributed by atoms with E-state index in [2.05, 4.69) is 15.3 Å². The Morgan fingerprint density at radius 3 is 2.77 bits per heavy atom. The molecule has 0 bridgehead atoms. The first-order valence-electron chi connectivity index (χ1n) is 7.43. The molecular weight excluding hydrogens is 282 g/mol. The number of rotatable bonds is 3. The summed E-state index contributed by atoms with van der Waals surface area (Å²) >= 11 is 0. The van der Waals surface area contributed by atoms with Gasteiger partial charge in [-0.05, 0) is 32.4 Å². The summed E-state index contributed by atoms with van der Waals surface area (Å²) < 4.78 is 1.59. The first kappa shape index (κ1) is 14.8. The summed E-state index contributed by atoms with van der Waals surface area (Å²) in [5.41, 5.74) is 3.29. The number of hydrogen-bond acceptors (Lipinski definition) is 4. The zero-order valence-electron chi connectivity index (χ0n) is 13.1. The van der Waals surface area contributed by atoms with E-state index in [0.717, 1.165) is 17.1 Å². The number of nitrogens with one attached hydrogen (secondary N) is 1. The number of β-amino-alcohol motifs (C(OH)–C–C–N with tert-alkyl or cyclic N) is 1. The lowest BCUT2D eigenvalue weighted by molar-refractivity contribution is 0.0754. The zero-order valence-corrected chi connectivity index (χ0v) is 13.1. The SMILES string of the molecule is Cc1cc(C(=O)N2C[C@@H](Cc3cc(C)[nH]n3)[C@H](O)C2)n(C)n1. The molecule has 3 heterocycles. The quantitative estimate of drug-likeness (QED) is 0.861. The fraction of sp³-hybridized carbons (Fsp3) is 0.533. The summed E-state index contributed by atoms with van der Waals surface area (Å²) in [6, 6.07) is 3.75. The smallest absolute Gasteiger partial charge is 0.272 e. The predicted octanol–water partition coefficient (Wildman–Crippen LogP) is 0.436. The number of H-pyrrole nitrogens is 1. The number of carbonyl (C=O) groups is 1. The molecule has 0 spiro atoms. The van der Waals surface area contributed by atoms with E-state index in [1.165, 1.54) is 0 Å². The number of amides is 1. The van der Waals surface area contributed by atoms with E-state index in [4.69, 9.17) is 0 Å². The van der Waals surface area contributed by atoms with Gasteiger partial charge in [-0.25, -0.2) is 0 Å². The fourth-order valence-corrected chi connectivity index (χ4v) is 3.04. The van der Waals surface area contributed by atoms with Crippen LogP contribution in [0.15, 0.2) is 12.1 Å². The minimum absolute atomic E-state index is 0.0148. The van der Waals surface area contributed by atoms with Crippen LogP contribution in [0.1, 0.15) is 27.6 Å². The van der Waals surface area contributed by atoms with Gasteiger partial charge >= 0.3 is 0 Å². The Morgan fingerprint density at radius 2 is 2.18 bits per heavy atom. The number of aryl methyl sites for hydroxylation is 3. The van der Waals surface area contributed by atoms with Crippen molar-refractivity contribution in [2.45, 2.75) is 26.4 Å². The molecule has 0 aliphatic carbocycles. The van der Waals surface area contributed by atoms with Crippen LogP contribution in [0.25, 0.3) is 0 Å². The Labute approximate surface area is 128 Å². The predicted molar refractivity (Wildman–Crippen MR) is 80.4 cm³/mol. The third-order valence-corrected chi connectivity index (χ3v) is 4.15. The summed E-state index contributed by atoms with van der Waals surface area (Å²) in [7, 11) is 1.76. The molecule has 7 heteroatoms. The van der Waals surface area contributed by atoms with E-state index in [9.17, 15) is 9.90 Å². The molecule has 1 aliphatic heterocycles. The van der Waals surface area contributed by atoms with Gasteiger partial charge in [0, 0.05) is 31.7 Å². The summed E-state index contributed by atoms with van der Waals surface area (Å²) in [6.07, 6.45) is 0.148. The molecular formula is C15H21N5O2. The van der Waals surface area contributed by atoms with E-state index in [-0.39, 0.29) is 11.8 Å². The lowest BCUT2D eigenvalue weighted by atomic mass is 10.0. The highest BCUT2D eigenvalue weighted by Crippen LogP contribution is 2.23. The molecule has 2 aromatic heterocycles. The standard InChI is InChI=1S/C15H21N5O2/c1-9-4-12(17-16-9)6-11-7-20(8-14(11)21)15(22)13-5-10(2)18-19(13)3/h4-5,11,14,21H,6-8H2,1-3H3,(H,16,17)/t11-,14-/m1/s1. The Kier molecular flexibility index (Phi) is 3.74. The van der Waals surface area contributed by atoms with Crippen molar-refractivity contribution < 1.29 is 9.90 Å². The second-order valence-corrected chi connectivity index (χ2v) is 6.08. The van der Waals surface area contributed by atoms with Gasteiger partial charge in [0.05, 0.1) is 17.5 Å². The fourth-order valence-electron chi connectivity index (χ4n) is 3.04. The van der Waals surface area contributed by atoms with Crippen molar-refractivity contribution in [2.24, 2.45) is 13.0 Å². The van der Waals surface area contributed by atoms with Gasteiger partial charge in [0.2, 0.25) is 0 Å². The third kappa shape index (κ3) is 2.76. The summed E-state index contributed by atoms with van der Waals surface area (Å²) in [6.45, 7) is 4.70. The van der Waals surface area contributed by atoms with Crippen LogP contribution in [0.2, 0.25) is 0 Å². The molecule has 22 heavy (non-hydrogen) atoms. The molecule has 1 aliphatic rings. The molecule has 1 saturated heterocycles. The number of aromatic nitrogens is 4. The largest absolute Gasteiger partial charge is 0.391 e. The highest BCUT2D eigenvalue weighted by atomic mass is 16.3. The number of aliphatic hydroxyl groups excluding tert-OH is 1. The molecule has 3 rings (SSSR count). The van der Waals surface area contributed by atoms with Gasteiger partial charge in [-0.2, -0.15) is 10.2 Å². The molecule has 1 amide bonds. The Hall–Kier alpha value is -2.15. The van der Waals surface area contributed by atoms with Crippen molar-refractivity contribution in [3.63, 3.8) is 0 Å². The highest BCUT2D eigenvalue weighted by Gasteiger charge is 2.35. The van der Waals surface area contributed by atoms with Gasteiger partial charge in [0.25, 0.3) is 5.91 Å². The van der Waals surface area contributed by atoms with Crippen LogP contribution in [-0.4, -0.2) is 55.1 Å². The average molecular weight is 303 g/mol. The molecule has 0 saturated carbocycles. The third-order valence-electron chi connectivity index (χ3n) is 4.15. The summed E-state index contributed by atoms with van der Waals surface area (Å²) in [5, 5.41) is 21.6. The summed E-state index contributed by atoms with van der Waals surface area (Å²) in [5.74, 6) is -0.0659. The first-order valence-corrected chi connectivity index (χ1v) is 7.43. The van der Waals surface area contributed by atoms with Crippen LogP contribution in [0.3, 0.4) is 0 Å². The summed E-state index contributed by atoms with van der Waals surface area (Å²) in [4.78, 5) is 14.3. The van der Waals surface area contributed by atoms with Crippen molar-refractivity contribution in [1.29, 1.82) is 0 Å². The lowest BCUT2D eigenvalue weighted by Crippen LogP contribution is -2.31. The van der Waals surface area contributed by atoms with E-state index < -0.39 is 6.10 Å². The molecule has 2 aromatic rings. The highest BCUT2D eigenvalue weighted by molar-refractivity contribution is 5.93. The van der Waals surface area contributed by atoms with Crippen LogP contribution in [0, 0.1) is 19.8 Å². The van der Waals surface area contributed by atoms with Gasteiger partial charge in [-0.1, -0.05) is 0 Å². The van der Waals surface area contributed by atoms with Gasteiger partial charge in [-0.15, -0.1) is 0 Å². The van der Waals surface area contributed by atoms with Crippen molar-refractivity contribution in [3.8, 4) is 0 Å². The number of carbonyl (C=O) groups excluding carboxylic acids is 1. The monoisotopic (exact) mass is 303 g/mol. The minimum atomic E-state index is -0.518. The first-order chi connectivity index (χ1) is 10.4. The maximum absolute atomic E-state index is 12.6. The maximum Gasteiger partial charge on any atom is 0.272 e. The van der Waals surface area contributed by atoms with Crippen LogP contribution in [0.4, 0.5) is 0 Å². The topological polar surface area (TPSA) is 87.0 Å². The van der Waals surface area contributed by atoms with E-state index in [1.807, 2.05) is 19.9 Å². The molecule has 2 N–H and O–H groups in total. The second-order valence-electron chi connectivity index (χ2n) is 6.08. The number of aromatic amines is 1. The Bertz CT molecular complexity index is 690. The van der Waals surface area contributed by atoms with Crippen LogP contribution < -0.4 is 0 Å². The number of nitrogens with zero attached hydrogens (tertiary/aromatic N) is 4. The molecule has 1 fully saturated rings. The molecule has 7 nitrogen and oxygen atoms in total. The molecule has 0 radical (unpaired) electrons. The van der Waals surface area contributed by atoms with E-state index >= 15 is 0 Å². The van der Waals surface area contributed by atoms with Crippen molar-refractivity contribution in [1.82, 2.24) is 24.9 Å². The van der Waals surface area contributed by atoms with Gasteiger partial charge < -0.3 is 10.0 Å². The maximum atomic E-state index is 12.6. The van der Waals surface area contributed by atoms with Gasteiger partial charge in [0.1, 0.15) is 5.69 Å². The van der Waals surface area contributed by atoms with Crippen molar-refractivity contribution in [2.75, 3.05) is 13.1 Å². The molecule has 118 valence electrons. The zero-order chi connectivity index (χ0) is 15.9. The van der Waals surface area contributed by atoms with Gasteiger partial charge in [0.15, 0.2) is 0 Å². The van der Waals surface area contributed by atoms with Crippen LogP contribution in [-0.2, 0) is 13.5 Å². The van der Waals surface area contributed by atoms with E-state index in [1.54, 1.807) is 22.7 Å².